The van der Waals surface area contributed by atoms with Crippen LogP contribution in [0.3, 0.4) is 0 Å². The largest absolute Gasteiger partial charge is 0.324 e. The van der Waals surface area contributed by atoms with Gasteiger partial charge in [-0.15, -0.1) is 11.3 Å². The molecule has 0 aliphatic heterocycles. The molecule has 0 radical (unpaired) electrons. The maximum Gasteiger partial charge on any atom is 0.115 e. The molecule has 0 aliphatic rings. The molecule has 0 amide bonds. The molecule has 4 nitrogen and oxygen atoms in total. The van der Waals surface area contributed by atoms with Gasteiger partial charge >= 0.3 is 0 Å². The number of rotatable bonds is 7. The van der Waals surface area contributed by atoms with E-state index in [1.54, 1.807) is 11.3 Å². The molecule has 2 heterocycles. The van der Waals surface area contributed by atoms with Crippen molar-refractivity contribution in [3.05, 3.63) is 34.3 Å². The fraction of sp³-hybridized carbons (Fsp3) is 0.571. The maximum absolute atomic E-state index is 4.53. The number of aromatic nitrogens is 3. The van der Waals surface area contributed by atoms with E-state index in [1.165, 1.54) is 10.6 Å². The number of nitrogens with zero attached hydrogens (tertiary/aromatic N) is 3. The van der Waals surface area contributed by atoms with E-state index in [0.29, 0.717) is 0 Å². The highest BCUT2D eigenvalue weighted by molar-refractivity contribution is 7.11. The van der Waals surface area contributed by atoms with Crippen LogP contribution >= 0.6 is 11.3 Å². The summed E-state index contributed by atoms with van der Waals surface area (Å²) >= 11 is 1.80. The Labute approximate surface area is 118 Å². The highest BCUT2D eigenvalue weighted by Crippen LogP contribution is 2.24. The number of imidazole rings is 1. The second-order valence-electron chi connectivity index (χ2n) is 4.66. The van der Waals surface area contributed by atoms with Crippen LogP contribution in [-0.4, -0.2) is 21.1 Å². The molecule has 2 aromatic rings. The highest BCUT2D eigenvalue weighted by Gasteiger charge is 2.14. The zero-order chi connectivity index (χ0) is 13.7. The third-order valence-corrected chi connectivity index (χ3v) is 4.49. The van der Waals surface area contributed by atoms with Crippen LogP contribution in [0.5, 0.6) is 0 Å². The molecule has 2 rings (SSSR count). The van der Waals surface area contributed by atoms with Crippen molar-refractivity contribution in [2.45, 2.75) is 46.2 Å². The molecule has 5 heteroatoms. The minimum absolute atomic E-state index is 0.256. The Balaban J connectivity index is 2.10. The van der Waals surface area contributed by atoms with E-state index in [2.05, 4.69) is 40.6 Å². The van der Waals surface area contributed by atoms with Gasteiger partial charge in [-0.1, -0.05) is 13.8 Å². The SMILES string of the molecule is CCCNCc1cncn1C(C)c1ncc(CC)s1. The second kappa shape index (κ2) is 6.82. The van der Waals surface area contributed by atoms with Crippen molar-refractivity contribution in [3.8, 4) is 0 Å². The van der Waals surface area contributed by atoms with Crippen molar-refractivity contribution < 1.29 is 0 Å². The molecular formula is C14H22N4S. The molecule has 1 N–H and O–H groups in total. The van der Waals surface area contributed by atoms with Crippen molar-refractivity contribution in [2.75, 3.05) is 6.54 Å². The lowest BCUT2D eigenvalue weighted by molar-refractivity contribution is 0.572. The fourth-order valence-corrected chi connectivity index (χ4v) is 2.92. The molecule has 1 atom stereocenters. The predicted octanol–water partition coefficient (Wildman–Crippen LogP) is 3.01. The third kappa shape index (κ3) is 3.42. The van der Waals surface area contributed by atoms with Gasteiger partial charge in [-0.05, 0) is 26.3 Å². The monoisotopic (exact) mass is 278 g/mol. The van der Waals surface area contributed by atoms with Crippen LogP contribution in [0, 0.1) is 0 Å². The molecule has 104 valence electrons. The van der Waals surface area contributed by atoms with E-state index in [4.69, 9.17) is 0 Å². The van der Waals surface area contributed by atoms with Gasteiger partial charge in [0.2, 0.25) is 0 Å². The molecule has 0 saturated carbocycles. The molecule has 0 spiro atoms. The second-order valence-corrected chi connectivity index (χ2v) is 5.81. The van der Waals surface area contributed by atoms with Gasteiger partial charge in [-0.2, -0.15) is 0 Å². The summed E-state index contributed by atoms with van der Waals surface area (Å²) < 4.78 is 2.21. The summed E-state index contributed by atoms with van der Waals surface area (Å²) in [4.78, 5) is 10.1. The number of nitrogens with one attached hydrogen (secondary N) is 1. The first-order valence-electron chi connectivity index (χ1n) is 6.92. The number of hydrogen-bond donors (Lipinski definition) is 1. The lowest BCUT2D eigenvalue weighted by Crippen LogP contribution is -2.18. The minimum atomic E-state index is 0.256. The van der Waals surface area contributed by atoms with Crippen molar-refractivity contribution in [1.29, 1.82) is 0 Å². The third-order valence-electron chi connectivity index (χ3n) is 3.17. The average molecular weight is 278 g/mol. The van der Waals surface area contributed by atoms with Crippen LogP contribution in [0.15, 0.2) is 18.7 Å². The maximum atomic E-state index is 4.53. The van der Waals surface area contributed by atoms with Gasteiger partial charge in [0, 0.05) is 23.8 Å². The van der Waals surface area contributed by atoms with Crippen molar-refractivity contribution in [1.82, 2.24) is 19.9 Å². The average Bonchev–Trinajstić information content (AvgIpc) is 3.07. The van der Waals surface area contributed by atoms with Gasteiger partial charge < -0.3 is 9.88 Å². The first-order valence-corrected chi connectivity index (χ1v) is 7.73. The summed E-state index contributed by atoms with van der Waals surface area (Å²) in [5.41, 5.74) is 1.22. The van der Waals surface area contributed by atoms with Crippen LogP contribution in [0.1, 0.15) is 48.8 Å². The normalized spacial score (nSPS) is 12.8. The Kier molecular flexibility index (Phi) is 5.10. The van der Waals surface area contributed by atoms with Crippen LogP contribution in [0.4, 0.5) is 0 Å². The summed E-state index contributed by atoms with van der Waals surface area (Å²) in [7, 11) is 0. The number of thiazole rings is 1. The van der Waals surface area contributed by atoms with Gasteiger partial charge in [0.05, 0.1) is 18.1 Å². The van der Waals surface area contributed by atoms with Crippen LogP contribution < -0.4 is 5.32 Å². The van der Waals surface area contributed by atoms with Crippen LogP contribution in [0.25, 0.3) is 0 Å². The first kappa shape index (κ1) is 14.2. The van der Waals surface area contributed by atoms with Gasteiger partial charge in [0.25, 0.3) is 0 Å². The zero-order valence-corrected chi connectivity index (χ0v) is 12.7. The molecule has 0 saturated heterocycles. The summed E-state index contributed by atoms with van der Waals surface area (Å²) in [6, 6.07) is 0.256. The molecule has 2 aromatic heterocycles. The predicted molar refractivity (Wildman–Crippen MR) is 79.5 cm³/mol. The van der Waals surface area contributed by atoms with E-state index in [1.807, 2.05) is 18.7 Å². The number of aryl methyl sites for hydroxylation is 1. The Hall–Kier alpha value is -1.20. The molecular weight excluding hydrogens is 256 g/mol. The van der Waals surface area contributed by atoms with Crippen molar-refractivity contribution in [3.63, 3.8) is 0 Å². The fourth-order valence-electron chi connectivity index (χ4n) is 2.01. The van der Waals surface area contributed by atoms with E-state index in [0.717, 1.165) is 30.9 Å². The van der Waals surface area contributed by atoms with E-state index in [-0.39, 0.29) is 6.04 Å². The topological polar surface area (TPSA) is 42.7 Å². The van der Waals surface area contributed by atoms with Crippen molar-refractivity contribution >= 4 is 11.3 Å². The first-order chi connectivity index (χ1) is 9.26. The lowest BCUT2D eigenvalue weighted by Gasteiger charge is -2.14. The van der Waals surface area contributed by atoms with Gasteiger partial charge in [-0.3, -0.25) is 0 Å². The van der Waals surface area contributed by atoms with Crippen LogP contribution in [-0.2, 0) is 13.0 Å². The Morgan fingerprint density at radius 3 is 2.89 bits per heavy atom. The Morgan fingerprint density at radius 1 is 1.37 bits per heavy atom. The van der Waals surface area contributed by atoms with E-state index in [9.17, 15) is 0 Å². The summed E-state index contributed by atoms with van der Waals surface area (Å²) in [5.74, 6) is 0. The zero-order valence-electron chi connectivity index (χ0n) is 11.9. The van der Waals surface area contributed by atoms with E-state index < -0.39 is 0 Å². The van der Waals surface area contributed by atoms with Gasteiger partial charge in [0.15, 0.2) is 0 Å². The molecule has 0 aromatic carbocycles. The molecule has 0 fully saturated rings. The smallest absolute Gasteiger partial charge is 0.115 e. The van der Waals surface area contributed by atoms with Gasteiger partial charge in [-0.25, -0.2) is 9.97 Å². The molecule has 0 bridgehead atoms. The lowest BCUT2D eigenvalue weighted by atomic mass is 10.3. The van der Waals surface area contributed by atoms with Gasteiger partial charge in [0.1, 0.15) is 5.01 Å². The Bertz CT molecular complexity index is 503. The quantitative estimate of drug-likeness (QED) is 0.792. The standard InChI is InChI=1S/C14H22N4S/c1-4-6-15-7-12-8-16-10-18(12)11(3)14-17-9-13(5-2)19-14/h8-11,15H,4-7H2,1-3H3. The molecule has 19 heavy (non-hydrogen) atoms. The summed E-state index contributed by atoms with van der Waals surface area (Å²) in [5, 5.41) is 4.58. The Morgan fingerprint density at radius 2 is 2.21 bits per heavy atom. The van der Waals surface area contributed by atoms with Crippen LogP contribution in [0.2, 0.25) is 0 Å². The summed E-state index contributed by atoms with van der Waals surface area (Å²) in [6.45, 7) is 8.43. The summed E-state index contributed by atoms with van der Waals surface area (Å²) in [6.07, 6.45) is 8.03. The number of hydrogen-bond acceptors (Lipinski definition) is 4. The molecule has 1 unspecified atom stereocenters. The minimum Gasteiger partial charge on any atom is -0.324 e. The molecule has 0 aliphatic carbocycles. The van der Waals surface area contributed by atoms with E-state index >= 15 is 0 Å². The van der Waals surface area contributed by atoms with Crippen molar-refractivity contribution in [2.24, 2.45) is 0 Å². The highest BCUT2D eigenvalue weighted by atomic mass is 32.1.